The molecule has 84 valence electrons. The van der Waals surface area contributed by atoms with Gasteiger partial charge in [-0.15, -0.1) is 12.4 Å². The Labute approximate surface area is 102 Å². The van der Waals surface area contributed by atoms with Crippen molar-refractivity contribution in [1.82, 2.24) is 10.6 Å². The summed E-state index contributed by atoms with van der Waals surface area (Å²) in [5, 5.41) is 5.97. The quantitative estimate of drug-likeness (QED) is 0.886. The van der Waals surface area contributed by atoms with E-state index in [4.69, 9.17) is 4.42 Å². The molecule has 0 radical (unpaired) electrons. The second kappa shape index (κ2) is 5.53. The van der Waals surface area contributed by atoms with Crippen molar-refractivity contribution in [1.29, 1.82) is 0 Å². The van der Waals surface area contributed by atoms with E-state index in [1.165, 1.54) is 0 Å². The summed E-state index contributed by atoms with van der Waals surface area (Å²) in [4.78, 5) is 11.5. The van der Waals surface area contributed by atoms with Crippen LogP contribution in [-0.2, 0) is 0 Å². The molecular weight excluding hydrogens is 283 g/mol. The molecule has 1 fully saturated rings. The van der Waals surface area contributed by atoms with Gasteiger partial charge < -0.3 is 15.1 Å². The average molecular weight is 296 g/mol. The van der Waals surface area contributed by atoms with Crippen LogP contribution in [0.5, 0.6) is 0 Å². The van der Waals surface area contributed by atoms with Crippen molar-refractivity contribution in [3.8, 4) is 0 Å². The Morgan fingerprint density at radius 3 is 2.80 bits per heavy atom. The number of rotatable bonds is 3. The Morgan fingerprint density at radius 1 is 1.60 bits per heavy atom. The van der Waals surface area contributed by atoms with Gasteiger partial charge in [0, 0.05) is 25.6 Å². The molecule has 0 aromatic carbocycles. The molecule has 15 heavy (non-hydrogen) atoms. The highest BCUT2D eigenvalue weighted by atomic mass is 79.9. The van der Waals surface area contributed by atoms with Gasteiger partial charge in [0.15, 0.2) is 10.4 Å². The highest BCUT2D eigenvalue weighted by Gasteiger charge is 2.18. The number of hydrogen-bond acceptors (Lipinski definition) is 3. The molecule has 4 nitrogen and oxygen atoms in total. The van der Waals surface area contributed by atoms with Crippen LogP contribution in [0, 0.1) is 5.92 Å². The van der Waals surface area contributed by atoms with Crippen LogP contribution >= 0.6 is 28.3 Å². The van der Waals surface area contributed by atoms with Crippen molar-refractivity contribution in [2.75, 3.05) is 19.6 Å². The molecule has 0 unspecified atom stereocenters. The second-order valence-electron chi connectivity index (χ2n) is 3.34. The molecule has 1 aliphatic rings. The zero-order valence-electron chi connectivity index (χ0n) is 7.96. The smallest absolute Gasteiger partial charge is 0.287 e. The molecule has 2 rings (SSSR count). The van der Waals surface area contributed by atoms with Crippen LogP contribution in [-0.4, -0.2) is 25.5 Å². The summed E-state index contributed by atoms with van der Waals surface area (Å²) >= 11 is 3.15. The fraction of sp³-hybridized carbons (Fsp3) is 0.444. The maximum absolute atomic E-state index is 11.5. The van der Waals surface area contributed by atoms with Gasteiger partial charge in [-0.05, 0) is 28.1 Å². The minimum absolute atomic E-state index is 0. The summed E-state index contributed by atoms with van der Waals surface area (Å²) in [6.45, 7) is 2.69. The SMILES string of the molecule is Cl.O=C(NCC1CNC1)c1ccc(Br)o1. The number of amides is 1. The molecule has 0 aliphatic carbocycles. The van der Waals surface area contributed by atoms with Gasteiger partial charge in [0.05, 0.1) is 0 Å². The highest BCUT2D eigenvalue weighted by molar-refractivity contribution is 9.10. The number of carbonyl (C=O) groups is 1. The van der Waals surface area contributed by atoms with Crippen LogP contribution in [0.4, 0.5) is 0 Å². The van der Waals surface area contributed by atoms with E-state index in [1.54, 1.807) is 12.1 Å². The first-order valence-electron chi connectivity index (χ1n) is 4.50. The molecular formula is C9H12BrClN2O2. The molecule has 0 bridgehead atoms. The zero-order valence-corrected chi connectivity index (χ0v) is 10.4. The molecule has 1 aromatic rings. The molecule has 1 amide bonds. The molecule has 1 aliphatic heterocycles. The molecule has 0 atom stereocenters. The first kappa shape index (κ1) is 12.5. The number of halogens is 2. The highest BCUT2D eigenvalue weighted by Crippen LogP contribution is 2.13. The Hall–Kier alpha value is -0.520. The van der Waals surface area contributed by atoms with E-state index in [9.17, 15) is 4.79 Å². The summed E-state index contributed by atoms with van der Waals surface area (Å²) in [5.74, 6) is 0.768. The third-order valence-electron chi connectivity index (χ3n) is 2.21. The summed E-state index contributed by atoms with van der Waals surface area (Å²) in [6.07, 6.45) is 0. The van der Waals surface area contributed by atoms with Crippen molar-refractivity contribution in [2.24, 2.45) is 5.92 Å². The van der Waals surface area contributed by atoms with Crippen LogP contribution in [0.2, 0.25) is 0 Å². The van der Waals surface area contributed by atoms with Gasteiger partial charge >= 0.3 is 0 Å². The van der Waals surface area contributed by atoms with E-state index >= 15 is 0 Å². The van der Waals surface area contributed by atoms with E-state index in [-0.39, 0.29) is 18.3 Å². The van der Waals surface area contributed by atoms with Gasteiger partial charge in [-0.2, -0.15) is 0 Å². The molecule has 6 heteroatoms. The predicted molar refractivity (Wildman–Crippen MR) is 62.3 cm³/mol. The van der Waals surface area contributed by atoms with Gasteiger partial charge in [0.1, 0.15) is 0 Å². The van der Waals surface area contributed by atoms with Crippen LogP contribution in [0.15, 0.2) is 21.2 Å². The second-order valence-corrected chi connectivity index (χ2v) is 4.12. The third kappa shape index (κ3) is 3.22. The lowest BCUT2D eigenvalue weighted by atomic mass is 10.0. The van der Waals surface area contributed by atoms with Gasteiger partial charge in [0.2, 0.25) is 0 Å². The summed E-state index contributed by atoms with van der Waals surface area (Å²) < 4.78 is 5.70. The topological polar surface area (TPSA) is 54.3 Å². The van der Waals surface area contributed by atoms with Gasteiger partial charge in [0.25, 0.3) is 5.91 Å². The lowest BCUT2D eigenvalue weighted by Gasteiger charge is -2.26. The summed E-state index contributed by atoms with van der Waals surface area (Å²) in [5.41, 5.74) is 0. The standard InChI is InChI=1S/C9H11BrN2O2.ClH/c10-8-2-1-7(14-8)9(13)12-5-6-3-11-4-6;/h1-2,6,11H,3-5H2,(H,12,13);1H. The predicted octanol–water partition coefficient (Wildman–Crippen LogP) is 1.41. The number of hydrogen-bond donors (Lipinski definition) is 2. The van der Waals surface area contributed by atoms with Crippen molar-refractivity contribution in [3.63, 3.8) is 0 Å². The first-order valence-corrected chi connectivity index (χ1v) is 5.29. The van der Waals surface area contributed by atoms with Crippen molar-refractivity contribution >= 4 is 34.2 Å². The van der Waals surface area contributed by atoms with Crippen molar-refractivity contribution < 1.29 is 9.21 Å². The normalized spacial score (nSPS) is 15.3. The maximum Gasteiger partial charge on any atom is 0.287 e. The lowest BCUT2D eigenvalue weighted by molar-refractivity contribution is 0.0913. The fourth-order valence-electron chi connectivity index (χ4n) is 1.25. The van der Waals surface area contributed by atoms with E-state index in [1.807, 2.05) is 0 Å². The Morgan fingerprint density at radius 2 is 2.33 bits per heavy atom. The molecule has 0 saturated carbocycles. The van der Waals surface area contributed by atoms with Crippen LogP contribution in [0.25, 0.3) is 0 Å². The number of furan rings is 1. The molecule has 2 heterocycles. The number of nitrogens with one attached hydrogen (secondary N) is 2. The van der Waals surface area contributed by atoms with E-state index in [0.717, 1.165) is 13.1 Å². The Balaban J connectivity index is 0.00000112. The van der Waals surface area contributed by atoms with Crippen LogP contribution in [0.1, 0.15) is 10.6 Å². The molecule has 2 N–H and O–H groups in total. The first-order chi connectivity index (χ1) is 6.75. The van der Waals surface area contributed by atoms with Crippen LogP contribution in [0.3, 0.4) is 0 Å². The average Bonchev–Trinajstić information content (AvgIpc) is 2.49. The lowest BCUT2D eigenvalue weighted by Crippen LogP contribution is -2.48. The number of carbonyl (C=O) groups excluding carboxylic acids is 1. The molecule has 1 aromatic heterocycles. The summed E-state index contributed by atoms with van der Waals surface area (Å²) in [7, 11) is 0. The minimum Gasteiger partial charge on any atom is -0.444 e. The van der Waals surface area contributed by atoms with Gasteiger partial charge in [-0.1, -0.05) is 0 Å². The van der Waals surface area contributed by atoms with Gasteiger partial charge in [-0.25, -0.2) is 0 Å². The van der Waals surface area contributed by atoms with Crippen molar-refractivity contribution in [2.45, 2.75) is 0 Å². The fourth-order valence-corrected chi connectivity index (χ4v) is 1.56. The van der Waals surface area contributed by atoms with Crippen molar-refractivity contribution in [3.05, 3.63) is 22.6 Å². The Kier molecular flexibility index (Phi) is 4.63. The summed E-state index contributed by atoms with van der Waals surface area (Å²) in [6, 6.07) is 3.36. The monoisotopic (exact) mass is 294 g/mol. The van der Waals surface area contributed by atoms with E-state index in [2.05, 4.69) is 26.6 Å². The van der Waals surface area contributed by atoms with E-state index in [0.29, 0.717) is 22.9 Å². The van der Waals surface area contributed by atoms with E-state index < -0.39 is 0 Å². The Bertz CT molecular complexity index is 339. The third-order valence-corrected chi connectivity index (χ3v) is 2.64. The molecule has 1 saturated heterocycles. The molecule has 0 spiro atoms. The maximum atomic E-state index is 11.5. The minimum atomic E-state index is -0.150. The van der Waals surface area contributed by atoms with Gasteiger partial charge in [-0.3, -0.25) is 4.79 Å². The van der Waals surface area contributed by atoms with Crippen LogP contribution < -0.4 is 10.6 Å². The zero-order chi connectivity index (χ0) is 9.97. The largest absolute Gasteiger partial charge is 0.444 e.